The highest BCUT2D eigenvalue weighted by Gasteiger charge is 2.24. The van der Waals surface area contributed by atoms with Crippen LogP contribution in [0.3, 0.4) is 0 Å². The molecule has 0 aromatic heterocycles. The lowest BCUT2D eigenvalue weighted by atomic mass is 10.0. The van der Waals surface area contributed by atoms with Crippen LogP contribution in [0.5, 0.6) is 5.75 Å². The van der Waals surface area contributed by atoms with Crippen LogP contribution in [-0.2, 0) is 9.59 Å². The molecular formula is C41H31N3O6S. The Labute approximate surface area is 297 Å². The van der Waals surface area contributed by atoms with Crippen molar-refractivity contribution in [1.82, 2.24) is 5.32 Å². The molecule has 0 saturated carbocycles. The zero-order valence-corrected chi connectivity index (χ0v) is 27.8. The van der Waals surface area contributed by atoms with Gasteiger partial charge in [0.05, 0.1) is 0 Å². The number of thioether (sulfide) groups is 1. The number of carboxylic acids is 1. The fraction of sp³-hybridized carbons (Fsp3) is 0.0244. The largest absolute Gasteiger partial charge is 0.507 e. The third kappa shape index (κ3) is 8.51. The van der Waals surface area contributed by atoms with Crippen molar-refractivity contribution in [3.8, 4) is 5.75 Å². The van der Waals surface area contributed by atoms with Crippen LogP contribution in [0.15, 0.2) is 156 Å². The fourth-order valence-corrected chi connectivity index (χ4v) is 6.43. The first kappa shape index (κ1) is 34.2. The first-order chi connectivity index (χ1) is 24.7. The average molecular weight is 694 g/mol. The summed E-state index contributed by atoms with van der Waals surface area (Å²) < 4.78 is 0. The zero-order valence-electron chi connectivity index (χ0n) is 26.9. The van der Waals surface area contributed by atoms with Gasteiger partial charge in [-0.2, -0.15) is 0 Å². The molecule has 0 heterocycles. The Bertz CT molecular complexity index is 2270. The van der Waals surface area contributed by atoms with Crippen LogP contribution >= 0.6 is 11.8 Å². The van der Waals surface area contributed by atoms with Crippen molar-refractivity contribution in [2.45, 2.75) is 10.1 Å². The van der Waals surface area contributed by atoms with Gasteiger partial charge >= 0.3 is 5.97 Å². The number of benzene rings is 6. The number of aromatic hydroxyl groups is 1. The molecule has 6 rings (SSSR count). The molecule has 51 heavy (non-hydrogen) atoms. The van der Waals surface area contributed by atoms with Gasteiger partial charge in [-0.1, -0.05) is 97.1 Å². The van der Waals surface area contributed by atoms with Crippen LogP contribution in [0.4, 0.5) is 11.4 Å². The maximum atomic E-state index is 13.9. The van der Waals surface area contributed by atoms with Crippen molar-refractivity contribution in [3.05, 3.63) is 174 Å². The topological polar surface area (TPSA) is 145 Å². The van der Waals surface area contributed by atoms with Crippen molar-refractivity contribution in [3.63, 3.8) is 0 Å². The van der Waals surface area contributed by atoms with Crippen molar-refractivity contribution in [2.75, 3.05) is 10.6 Å². The average Bonchev–Trinajstić information content (AvgIpc) is 3.15. The Morgan fingerprint density at radius 3 is 2.10 bits per heavy atom. The molecule has 0 radical (unpaired) electrons. The molecule has 0 aliphatic heterocycles. The Morgan fingerprint density at radius 2 is 1.33 bits per heavy atom. The fourth-order valence-electron chi connectivity index (χ4n) is 5.35. The van der Waals surface area contributed by atoms with Gasteiger partial charge in [0.1, 0.15) is 22.3 Å². The molecule has 9 nitrogen and oxygen atoms in total. The van der Waals surface area contributed by atoms with E-state index in [1.807, 2.05) is 72.8 Å². The first-order valence-electron chi connectivity index (χ1n) is 15.8. The van der Waals surface area contributed by atoms with E-state index in [2.05, 4.69) is 16.0 Å². The van der Waals surface area contributed by atoms with Gasteiger partial charge < -0.3 is 26.2 Å². The van der Waals surface area contributed by atoms with Crippen LogP contribution in [0, 0.1) is 0 Å². The highest BCUT2D eigenvalue weighted by Crippen LogP contribution is 2.37. The summed E-state index contributed by atoms with van der Waals surface area (Å²) in [6.07, 6.45) is 1.64. The number of aromatic carboxylic acids is 1. The molecule has 252 valence electrons. The van der Waals surface area contributed by atoms with E-state index >= 15 is 0 Å². The number of hydrogen-bond acceptors (Lipinski definition) is 6. The number of carboxylic acid groups (broad SMARTS) is 1. The summed E-state index contributed by atoms with van der Waals surface area (Å²) in [4.78, 5) is 52.9. The minimum Gasteiger partial charge on any atom is -0.507 e. The lowest BCUT2D eigenvalue weighted by molar-refractivity contribution is -0.116. The highest BCUT2D eigenvalue weighted by atomic mass is 32.2. The van der Waals surface area contributed by atoms with E-state index in [1.165, 1.54) is 30.0 Å². The van der Waals surface area contributed by atoms with E-state index in [9.17, 15) is 29.4 Å². The lowest BCUT2D eigenvalue weighted by Crippen LogP contribution is -2.30. The molecule has 0 bridgehead atoms. The third-order valence-corrected chi connectivity index (χ3v) is 9.08. The summed E-state index contributed by atoms with van der Waals surface area (Å²) in [5.41, 5.74) is 2.17. The Morgan fingerprint density at radius 1 is 0.667 bits per heavy atom. The van der Waals surface area contributed by atoms with Crippen molar-refractivity contribution in [2.24, 2.45) is 0 Å². The second kappa shape index (κ2) is 15.7. The number of anilines is 2. The standard InChI is InChI=1S/C41H31N3O6S/c45-36-22-21-31(25-34(36)41(49)50)43-40(48)37(27-12-3-1-4-13-27)51-32-19-10-18-30(24-32)42-39(47)35(44-38(46)28-14-5-2-6-15-28)23-29-17-9-16-26-11-7-8-20-33(26)29/h1-25,37,45H,(H,42,47)(H,43,48)(H,44,46)(H,49,50)/b35-23+. The smallest absolute Gasteiger partial charge is 0.339 e. The maximum absolute atomic E-state index is 13.9. The summed E-state index contributed by atoms with van der Waals surface area (Å²) in [7, 11) is 0. The van der Waals surface area contributed by atoms with E-state index in [-0.39, 0.29) is 16.9 Å². The third-order valence-electron chi connectivity index (χ3n) is 7.83. The number of nitrogens with one attached hydrogen (secondary N) is 3. The Kier molecular flexibility index (Phi) is 10.5. The number of hydrogen-bond donors (Lipinski definition) is 5. The summed E-state index contributed by atoms with van der Waals surface area (Å²) in [5, 5.41) is 28.9. The van der Waals surface area contributed by atoms with E-state index in [4.69, 9.17) is 0 Å². The van der Waals surface area contributed by atoms with Gasteiger partial charge in [0.2, 0.25) is 5.91 Å². The molecule has 0 fully saturated rings. The highest BCUT2D eigenvalue weighted by molar-refractivity contribution is 8.00. The van der Waals surface area contributed by atoms with Gasteiger partial charge in [0.25, 0.3) is 11.8 Å². The summed E-state index contributed by atoms with van der Waals surface area (Å²) >= 11 is 1.23. The van der Waals surface area contributed by atoms with Gasteiger partial charge in [0.15, 0.2) is 0 Å². The molecule has 6 aromatic carbocycles. The number of amides is 3. The van der Waals surface area contributed by atoms with Gasteiger partial charge in [-0.15, -0.1) is 11.8 Å². The monoisotopic (exact) mass is 693 g/mol. The van der Waals surface area contributed by atoms with Gasteiger partial charge in [-0.05, 0) is 76.5 Å². The minimum atomic E-state index is -1.33. The van der Waals surface area contributed by atoms with E-state index in [0.29, 0.717) is 21.7 Å². The molecule has 5 N–H and O–H groups in total. The molecule has 1 unspecified atom stereocenters. The zero-order chi connectivity index (χ0) is 35.7. The van der Waals surface area contributed by atoms with Gasteiger partial charge in [0, 0.05) is 21.8 Å². The normalized spacial score (nSPS) is 11.7. The van der Waals surface area contributed by atoms with Gasteiger partial charge in [-0.3, -0.25) is 14.4 Å². The predicted molar refractivity (Wildman–Crippen MR) is 200 cm³/mol. The Balaban J connectivity index is 1.27. The van der Waals surface area contributed by atoms with Crippen molar-refractivity contribution < 1.29 is 29.4 Å². The summed E-state index contributed by atoms with van der Waals surface area (Å²) in [6, 6.07) is 42.0. The summed E-state index contributed by atoms with van der Waals surface area (Å²) in [6.45, 7) is 0. The van der Waals surface area contributed by atoms with E-state index in [1.54, 1.807) is 60.7 Å². The Hall–Kier alpha value is -6.65. The van der Waals surface area contributed by atoms with Crippen molar-refractivity contribution in [1.29, 1.82) is 0 Å². The lowest BCUT2D eigenvalue weighted by Gasteiger charge is -2.18. The van der Waals surface area contributed by atoms with Crippen LogP contribution in [0.1, 0.15) is 37.1 Å². The summed E-state index contributed by atoms with van der Waals surface area (Å²) in [5.74, 6) is -3.16. The van der Waals surface area contributed by atoms with E-state index < -0.39 is 34.7 Å². The molecule has 0 saturated heterocycles. The molecule has 1 atom stereocenters. The van der Waals surface area contributed by atoms with E-state index in [0.717, 1.165) is 16.3 Å². The quantitative estimate of drug-likeness (QED) is 0.0524. The molecule has 0 aliphatic rings. The molecule has 0 spiro atoms. The first-order valence-corrected chi connectivity index (χ1v) is 16.7. The minimum absolute atomic E-state index is 0.0365. The van der Waals surface area contributed by atoms with Crippen LogP contribution in [0.2, 0.25) is 0 Å². The van der Waals surface area contributed by atoms with Crippen LogP contribution in [0.25, 0.3) is 16.8 Å². The van der Waals surface area contributed by atoms with Crippen LogP contribution in [-0.4, -0.2) is 33.9 Å². The molecule has 10 heteroatoms. The number of carbonyl (C=O) groups excluding carboxylic acids is 3. The number of fused-ring (bicyclic) bond motifs is 1. The second-order valence-electron chi connectivity index (χ2n) is 11.4. The molecule has 3 amide bonds. The molecule has 6 aromatic rings. The molecule has 0 aliphatic carbocycles. The van der Waals surface area contributed by atoms with Crippen LogP contribution < -0.4 is 16.0 Å². The number of phenols is 1. The second-order valence-corrected chi connectivity index (χ2v) is 12.5. The van der Waals surface area contributed by atoms with Crippen molar-refractivity contribution >= 4 is 63.7 Å². The molecular weight excluding hydrogens is 663 g/mol. The van der Waals surface area contributed by atoms with Gasteiger partial charge in [-0.25, -0.2) is 4.79 Å². The SMILES string of the molecule is O=C(Nc1cccc(SC(C(=O)Nc2ccc(O)c(C(=O)O)c2)c2ccccc2)c1)/C(=C\c1cccc2ccccc12)NC(=O)c1ccccc1. The maximum Gasteiger partial charge on any atom is 0.339 e. The number of carbonyl (C=O) groups is 4. The number of rotatable bonds is 11. The predicted octanol–water partition coefficient (Wildman–Crippen LogP) is 8.13.